The van der Waals surface area contributed by atoms with Crippen LogP contribution in [0.1, 0.15) is 0 Å². The lowest BCUT2D eigenvalue weighted by Crippen LogP contribution is -3.15. The molecule has 0 bridgehead atoms. The summed E-state index contributed by atoms with van der Waals surface area (Å²) in [5, 5.41) is 2.93. The van der Waals surface area contributed by atoms with Crippen LogP contribution >= 0.6 is 0 Å². The molecule has 3 heterocycles. The molecule has 0 unspecified atom stereocenters. The first-order valence-corrected chi connectivity index (χ1v) is 8.33. The lowest BCUT2D eigenvalue weighted by molar-refractivity contribution is -0.892. The van der Waals surface area contributed by atoms with Crippen molar-refractivity contribution in [2.75, 3.05) is 49.7 Å². The van der Waals surface area contributed by atoms with Crippen molar-refractivity contribution in [3.8, 4) is 11.5 Å². The minimum absolute atomic E-state index is 0.00160. The van der Waals surface area contributed by atoms with Crippen molar-refractivity contribution in [1.29, 1.82) is 0 Å². The quantitative estimate of drug-likeness (QED) is 0.783. The van der Waals surface area contributed by atoms with Gasteiger partial charge in [-0.3, -0.25) is 4.79 Å². The van der Waals surface area contributed by atoms with Crippen LogP contribution in [0.2, 0.25) is 0 Å². The Balaban J connectivity index is 1.28. The van der Waals surface area contributed by atoms with Gasteiger partial charge in [-0.05, 0) is 18.2 Å². The number of nitrogens with one attached hydrogen (secondary N) is 2. The smallest absolute Gasteiger partial charge is 0.279 e. The van der Waals surface area contributed by atoms with Gasteiger partial charge in [-0.2, -0.15) is 0 Å². The number of nitrogens with zero attached hydrogens (tertiary/aromatic N) is 3. The molecule has 8 heteroatoms. The lowest BCUT2D eigenvalue weighted by atomic mass is 10.2. The summed E-state index contributed by atoms with van der Waals surface area (Å²) in [5.74, 6) is 2.13. The van der Waals surface area contributed by atoms with Crippen LogP contribution < -0.4 is 24.6 Å². The largest absolute Gasteiger partial charge is 0.454 e. The van der Waals surface area contributed by atoms with E-state index in [1.54, 1.807) is 18.5 Å². The second kappa shape index (κ2) is 6.94. The molecule has 1 amide bonds. The monoisotopic (exact) mass is 342 g/mol. The fraction of sp³-hybridized carbons (Fsp3) is 0.353. The Bertz CT molecular complexity index is 747. The van der Waals surface area contributed by atoms with Gasteiger partial charge in [0.25, 0.3) is 5.91 Å². The van der Waals surface area contributed by atoms with Gasteiger partial charge in [-0.15, -0.1) is 0 Å². The number of carbonyl (C=O) groups excluding carboxylic acids is 1. The number of hydrogen-bond donors (Lipinski definition) is 2. The van der Waals surface area contributed by atoms with Gasteiger partial charge in [-0.1, -0.05) is 0 Å². The average Bonchev–Trinajstić information content (AvgIpc) is 3.11. The molecule has 0 spiro atoms. The zero-order valence-electron chi connectivity index (χ0n) is 13.8. The molecule has 1 aromatic carbocycles. The Morgan fingerprint density at radius 2 is 1.92 bits per heavy atom. The Kier molecular flexibility index (Phi) is 4.34. The third-order valence-corrected chi connectivity index (χ3v) is 4.37. The topological polar surface area (TPSA) is 81.0 Å². The molecule has 2 N–H and O–H groups in total. The molecule has 0 aliphatic carbocycles. The zero-order chi connectivity index (χ0) is 17.1. The maximum Gasteiger partial charge on any atom is 0.279 e. The normalized spacial score (nSPS) is 16.7. The number of amides is 1. The molecule has 1 saturated heterocycles. The highest BCUT2D eigenvalue weighted by atomic mass is 16.7. The van der Waals surface area contributed by atoms with E-state index in [0.717, 1.165) is 37.8 Å². The molecule has 1 fully saturated rings. The molecule has 130 valence electrons. The Morgan fingerprint density at radius 1 is 1.16 bits per heavy atom. The number of piperazine rings is 1. The summed E-state index contributed by atoms with van der Waals surface area (Å²) >= 11 is 0. The van der Waals surface area contributed by atoms with Crippen LogP contribution in [0.15, 0.2) is 36.7 Å². The van der Waals surface area contributed by atoms with Crippen LogP contribution in [0.25, 0.3) is 0 Å². The predicted molar refractivity (Wildman–Crippen MR) is 91.0 cm³/mol. The molecule has 0 radical (unpaired) electrons. The van der Waals surface area contributed by atoms with Crippen LogP contribution in [0, 0.1) is 0 Å². The van der Waals surface area contributed by atoms with E-state index in [2.05, 4.69) is 20.2 Å². The minimum atomic E-state index is -0.00160. The first-order valence-electron chi connectivity index (χ1n) is 8.33. The summed E-state index contributed by atoms with van der Waals surface area (Å²) in [6, 6.07) is 7.24. The number of fused-ring (bicyclic) bond motifs is 1. The van der Waals surface area contributed by atoms with Crippen molar-refractivity contribution in [2.24, 2.45) is 0 Å². The highest BCUT2D eigenvalue weighted by Crippen LogP contribution is 2.34. The fourth-order valence-electron chi connectivity index (χ4n) is 3.06. The summed E-state index contributed by atoms with van der Waals surface area (Å²) in [6.45, 7) is 4.12. The van der Waals surface area contributed by atoms with E-state index in [0.29, 0.717) is 18.0 Å². The number of benzene rings is 1. The third kappa shape index (κ3) is 3.63. The van der Waals surface area contributed by atoms with Gasteiger partial charge in [0.15, 0.2) is 18.0 Å². The van der Waals surface area contributed by atoms with E-state index in [4.69, 9.17) is 9.47 Å². The minimum Gasteiger partial charge on any atom is -0.454 e. The molecule has 25 heavy (non-hydrogen) atoms. The van der Waals surface area contributed by atoms with Crippen molar-refractivity contribution in [1.82, 2.24) is 9.97 Å². The number of quaternary nitrogens is 1. The molecule has 0 atom stereocenters. The summed E-state index contributed by atoms with van der Waals surface area (Å²) in [6.07, 6.45) is 3.50. The number of rotatable bonds is 4. The second-order valence-electron chi connectivity index (χ2n) is 6.08. The summed E-state index contributed by atoms with van der Waals surface area (Å²) in [5.41, 5.74) is 0.727. The van der Waals surface area contributed by atoms with Crippen LogP contribution in [-0.4, -0.2) is 55.4 Å². The van der Waals surface area contributed by atoms with Crippen LogP contribution in [-0.2, 0) is 4.79 Å². The van der Waals surface area contributed by atoms with E-state index >= 15 is 0 Å². The van der Waals surface area contributed by atoms with Gasteiger partial charge in [0.1, 0.15) is 0 Å². The summed E-state index contributed by atoms with van der Waals surface area (Å²) in [7, 11) is 0. The highest BCUT2D eigenvalue weighted by molar-refractivity contribution is 5.91. The van der Waals surface area contributed by atoms with Crippen LogP contribution in [0.5, 0.6) is 11.5 Å². The van der Waals surface area contributed by atoms with Crippen molar-refractivity contribution >= 4 is 17.5 Å². The number of ether oxygens (including phenoxy) is 2. The van der Waals surface area contributed by atoms with Gasteiger partial charge in [0, 0.05) is 24.1 Å². The molecule has 2 aliphatic rings. The Morgan fingerprint density at radius 3 is 2.72 bits per heavy atom. The predicted octanol–water partition coefficient (Wildman–Crippen LogP) is -0.451. The molecular weight excluding hydrogens is 322 g/mol. The lowest BCUT2D eigenvalue weighted by Gasteiger charge is -2.31. The Hall–Kier alpha value is -2.87. The standard InChI is InChI=1S/C17H19N5O3/c23-16(20-13-2-3-14-15(10-13)25-12-24-14)11-21-6-8-22(9-7-21)17-18-4-1-5-19-17/h1-5,10H,6-9,11-12H2,(H,20,23)/p+1. The van der Waals surface area contributed by atoms with Crippen molar-refractivity contribution < 1.29 is 19.2 Å². The molecule has 2 aromatic rings. The number of aromatic nitrogens is 2. The molecule has 1 aromatic heterocycles. The van der Waals surface area contributed by atoms with E-state index in [1.165, 1.54) is 4.90 Å². The first kappa shape index (κ1) is 15.6. The zero-order valence-corrected chi connectivity index (χ0v) is 13.8. The van der Waals surface area contributed by atoms with E-state index in [-0.39, 0.29) is 12.7 Å². The second-order valence-corrected chi connectivity index (χ2v) is 6.08. The Labute approximate surface area is 145 Å². The molecule has 8 nitrogen and oxygen atoms in total. The van der Waals surface area contributed by atoms with Crippen molar-refractivity contribution in [2.45, 2.75) is 0 Å². The van der Waals surface area contributed by atoms with Gasteiger partial charge in [0.2, 0.25) is 12.7 Å². The van der Waals surface area contributed by atoms with Gasteiger partial charge in [-0.25, -0.2) is 9.97 Å². The SMILES string of the molecule is O=C(C[NH+]1CCN(c2ncccn2)CC1)Nc1ccc2c(c1)OCO2. The van der Waals surface area contributed by atoms with E-state index in [9.17, 15) is 4.79 Å². The van der Waals surface area contributed by atoms with Crippen molar-refractivity contribution in [3.05, 3.63) is 36.7 Å². The van der Waals surface area contributed by atoms with Crippen LogP contribution in [0.3, 0.4) is 0 Å². The van der Waals surface area contributed by atoms with Crippen LogP contribution in [0.4, 0.5) is 11.6 Å². The van der Waals surface area contributed by atoms with Crippen molar-refractivity contribution in [3.63, 3.8) is 0 Å². The van der Waals surface area contributed by atoms with Gasteiger partial charge in [0.05, 0.1) is 26.2 Å². The first-order chi connectivity index (χ1) is 12.3. The average molecular weight is 342 g/mol. The van der Waals surface area contributed by atoms with Gasteiger partial charge < -0.3 is 24.6 Å². The van der Waals surface area contributed by atoms with E-state index < -0.39 is 0 Å². The van der Waals surface area contributed by atoms with E-state index in [1.807, 2.05) is 18.2 Å². The maximum atomic E-state index is 12.3. The molecule has 0 saturated carbocycles. The number of anilines is 2. The molecule has 4 rings (SSSR count). The molecule has 2 aliphatic heterocycles. The third-order valence-electron chi connectivity index (χ3n) is 4.37. The van der Waals surface area contributed by atoms with Gasteiger partial charge >= 0.3 is 0 Å². The fourth-order valence-corrected chi connectivity index (χ4v) is 3.06. The maximum absolute atomic E-state index is 12.3. The number of carbonyl (C=O) groups is 1. The number of hydrogen-bond acceptors (Lipinski definition) is 6. The summed E-state index contributed by atoms with van der Waals surface area (Å²) in [4.78, 5) is 24.3. The summed E-state index contributed by atoms with van der Waals surface area (Å²) < 4.78 is 10.6. The molecular formula is C17H20N5O3+. The highest BCUT2D eigenvalue weighted by Gasteiger charge is 2.23.